The van der Waals surface area contributed by atoms with E-state index in [9.17, 15) is 0 Å². The summed E-state index contributed by atoms with van der Waals surface area (Å²) in [6, 6.07) is 5.15. The minimum absolute atomic E-state index is 0.582. The van der Waals surface area contributed by atoms with E-state index in [0.29, 0.717) is 6.04 Å². The molecule has 1 atom stereocenters. The van der Waals surface area contributed by atoms with Crippen LogP contribution in [0.2, 0.25) is 0 Å². The number of piperidine rings is 1. The van der Waals surface area contributed by atoms with Crippen molar-refractivity contribution in [3.63, 3.8) is 0 Å². The summed E-state index contributed by atoms with van der Waals surface area (Å²) in [7, 11) is 0. The van der Waals surface area contributed by atoms with Gasteiger partial charge in [-0.2, -0.15) is 0 Å². The summed E-state index contributed by atoms with van der Waals surface area (Å²) in [5, 5.41) is 5.85. The van der Waals surface area contributed by atoms with Crippen LogP contribution in [0.15, 0.2) is 17.5 Å². The van der Waals surface area contributed by atoms with E-state index in [1.165, 1.54) is 53.2 Å². The molecule has 0 spiro atoms. The highest BCUT2D eigenvalue weighted by molar-refractivity contribution is 7.26. The van der Waals surface area contributed by atoms with Crippen molar-refractivity contribution < 1.29 is 0 Å². The highest BCUT2D eigenvalue weighted by Gasteiger charge is 2.13. The Balaban J connectivity index is 1.47. The molecule has 0 aromatic carbocycles. The monoisotopic (exact) mass is 294 g/mol. The van der Waals surface area contributed by atoms with Crippen molar-refractivity contribution in [2.24, 2.45) is 0 Å². The molecule has 1 unspecified atom stereocenters. The summed E-state index contributed by atoms with van der Waals surface area (Å²) in [6.07, 6.45) is 4.19. The van der Waals surface area contributed by atoms with E-state index in [-0.39, 0.29) is 0 Å². The Kier molecular flexibility index (Phi) is 4.53. The van der Waals surface area contributed by atoms with Gasteiger partial charge in [-0.1, -0.05) is 6.42 Å². The van der Waals surface area contributed by atoms with E-state index in [2.05, 4.69) is 34.7 Å². The molecule has 1 aliphatic rings. The third-order valence-electron chi connectivity index (χ3n) is 3.80. The van der Waals surface area contributed by atoms with Gasteiger partial charge < -0.3 is 10.2 Å². The minimum Gasteiger partial charge on any atom is -0.308 e. The number of fused-ring (bicyclic) bond motifs is 1. The van der Waals surface area contributed by atoms with Gasteiger partial charge in [-0.3, -0.25) is 0 Å². The van der Waals surface area contributed by atoms with E-state index < -0.39 is 0 Å². The number of hydrogen-bond donors (Lipinski definition) is 1. The van der Waals surface area contributed by atoms with Crippen LogP contribution in [0.5, 0.6) is 0 Å². The van der Waals surface area contributed by atoms with E-state index >= 15 is 0 Å². The highest BCUT2D eigenvalue weighted by Crippen LogP contribution is 2.29. The van der Waals surface area contributed by atoms with Crippen LogP contribution in [-0.4, -0.2) is 30.6 Å². The number of nitrogens with one attached hydrogen (secondary N) is 1. The molecule has 2 nitrogen and oxygen atoms in total. The van der Waals surface area contributed by atoms with E-state index in [1.54, 1.807) is 0 Å². The molecule has 1 aliphatic heterocycles. The lowest BCUT2D eigenvalue weighted by atomic mass is 10.1. The molecule has 104 valence electrons. The van der Waals surface area contributed by atoms with E-state index in [1.807, 2.05) is 22.7 Å². The summed E-state index contributed by atoms with van der Waals surface area (Å²) in [6.45, 7) is 7.10. The second-order valence-electron chi connectivity index (χ2n) is 5.51. The zero-order valence-corrected chi connectivity index (χ0v) is 13.2. The van der Waals surface area contributed by atoms with Gasteiger partial charge in [-0.25, -0.2) is 0 Å². The smallest absolute Gasteiger partial charge is 0.0453 e. The molecule has 0 aliphatic carbocycles. The fraction of sp³-hybridized carbons (Fsp3) is 0.600. The van der Waals surface area contributed by atoms with Crippen molar-refractivity contribution in [2.45, 2.75) is 38.8 Å². The highest BCUT2D eigenvalue weighted by atomic mass is 32.1. The van der Waals surface area contributed by atoms with Crippen molar-refractivity contribution in [3.8, 4) is 0 Å². The normalized spacial score (nSPS) is 19.0. The maximum absolute atomic E-state index is 3.67. The Morgan fingerprint density at radius 1 is 1.26 bits per heavy atom. The number of nitrogens with zero attached hydrogens (tertiary/aromatic N) is 1. The Morgan fingerprint density at radius 2 is 2.11 bits per heavy atom. The quantitative estimate of drug-likeness (QED) is 0.899. The number of rotatable bonds is 5. The van der Waals surface area contributed by atoms with Crippen LogP contribution >= 0.6 is 22.7 Å². The molecule has 4 heteroatoms. The summed E-state index contributed by atoms with van der Waals surface area (Å²) >= 11 is 3.77. The zero-order valence-electron chi connectivity index (χ0n) is 11.5. The second kappa shape index (κ2) is 6.35. The van der Waals surface area contributed by atoms with Crippen molar-refractivity contribution in [2.75, 3.05) is 19.6 Å². The van der Waals surface area contributed by atoms with Gasteiger partial charge in [0.05, 0.1) is 0 Å². The van der Waals surface area contributed by atoms with Crippen LogP contribution < -0.4 is 5.32 Å². The van der Waals surface area contributed by atoms with Gasteiger partial charge >= 0.3 is 0 Å². The fourth-order valence-corrected chi connectivity index (χ4v) is 4.86. The Labute approximate surface area is 123 Å². The summed E-state index contributed by atoms with van der Waals surface area (Å²) in [4.78, 5) is 4.07. The first kappa shape index (κ1) is 13.6. The van der Waals surface area contributed by atoms with E-state index in [4.69, 9.17) is 0 Å². The molecule has 1 saturated heterocycles. The Hall–Kier alpha value is -0.420. The number of thiophene rings is 2. The van der Waals surface area contributed by atoms with Gasteiger partial charge in [0.15, 0.2) is 0 Å². The van der Waals surface area contributed by atoms with Crippen LogP contribution in [0, 0.1) is 0 Å². The molecule has 0 amide bonds. The molecule has 2 aromatic rings. The van der Waals surface area contributed by atoms with Crippen LogP contribution in [0.3, 0.4) is 0 Å². The SMILES string of the molecule is CC(CN1CCCCC1)NCc1cc2sccc2s1. The Bertz CT molecular complexity index is 482. The average Bonchev–Trinajstić information content (AvgIpc) is 2.98. The first-order chi connectivity index (χ1) is 9.31. The fourth-order valence-electron chi connectivity index (χ4n) is 2.77. The molecular formula is C15H22N2S2. The van der Waals surface area contributed by atoms with E-state index in [0.717, 1.165) is 6.54 Å². The predicted molar refractivity (Wildman–Crippen MR) is 86.3 cm³/mol. The molecule has 1 fully saturated rings. The number of hydrogen-bond acceptors (Lipinski definition) is 4. The standard InChI is InChI=1S/C15H22N2S2/c1-12(11-17-6-3-2-4-7-17)16-10-13-9-15-14(19-13)5-8-18-15/h5,8-9,12,16H,2-4,6-7,10-11H2,1H3. The molecule has 1 N–H and O–H groups in total. The van der Waals surface area contributed by atoms with Crippen LogP contribution in [0.1, 0.15) is 31.1 Å². The molecule has 3 heterocycles. The summed E-state index contributed by atoms with van der Waals surface area (Å²) in [5.41, 5.74) is 0. The first-order valence-electron chi connectivity index (χ1n) is 7.23. The molecule has 3 rings (SSSR count). The average molecular weight is 294 g/mol. The third-order valence-corrected chi connectivity index (χ3v) is 5.89. The van der Waals surface area contributed by atoms with Gasteiger partial charge in [-0.15, -0.1) is 22.7 Å². The lowest BCUT2D eigenvalue weighted by Crippen LogP contribution is -2.41. The second-order valence-corrected chi connectivity index (χ2v) is 7.62. The van der Waals surface area contributed by atoms with Gasteiger partial charge in [0.2, 0.25) is 0 Å². The maximum atomic E-state index is 3.67. The maximum Gasteiger partial charge on any atom is 0.0453 e. The summed E-state index contributed by atoms with van der Waals surface area (Å²) < 4.78 is 2.87. The van der Waals surface area contributed by atoms with Crippen LogP contribution in [-0.2, 0) is 6.54 Å². The largest absolute Gasteiger partial charge is 0.308 e. The van der Waals surface area contributed by atoms with Crippen molar-refractivity contribution in [3.05, 3.63) is 22.4 Å². The van der Waals surface area contributed by atoms with Gasteiger partial charge in [0.1, 0.15) is 0 Å². The van der Waals surface area contributed by atoms with Gasteiger partial charge in [-0.05, 0) is 50.4 Å². The molecule has 19 heavy (non-hydrogen) atoms. The van der Waals surface area contributed by atoms with Gasteiger partial charge in [0, 0.05) is 33.4 Å². The molecule has 0 bridgehead atoms. The topological polar surface area (TPSA) is 15.3 Å². The zero-order chi connectivity index (χ0) is 13.1. The molecule has 2 aromatic heterocycles. The molecular weight excluding hydrogens is 272 g/mol. The first-order valence-corrected chi connectivity index (χ1v) is 8.92. The van der Waals surface area contributed by atoms with Crippen LogP contribution in [0.4, 0.5) is 0 Å². The molecule has 0 saturated carbocycles. The third kappa shape index (κ3) is 3.57. The lowest BCUT2D eigenvalue weighted by molar-refractivity contribution is 0.209. The van der Waals surface area contributed by atoms with Crippen molar-refractivity contribution in [1.82, 2.24) is 10.2 Å². The molecule has 0 radical (unpaired) electrons. The van der Waals surface area contributed by atoms with Crippen molar-refractivity contribution in [1.29, 1.82) is 0 Å². The summed E-state index contributed by atoms with van der Waals surface area (Å²) in [5.74, 6) is 0. The minimum atomic E-state index is 0.582. The van der Waals surface area contributed by atoms with Crippen LogP contribution in [0.25, 0.3) is 9.40 Å². The lowest BCUT2D eigenvalue weighted by Gasteiger charge is -2.29. The van der Waals surface area contributed by atoms with Gasteiger partial charge in [0.25, 0.3) is 0 Å². The number of likely N-dealkylation sites (tertiary alicyclic amines) is 1. The predicted octanol–water partition coefficient (Wildman–Crippen LogP) is 3.93. The Morgan fingerprint density at radius 3 is 2.89 bits per heavy atom. The van der Waals surface area contributed by atoms with Crippen molar-refractivity contribution >= 4 is 32.1 Å².